The number of halogens is 2. The predicted molar refractivity (Wildman–Crippen MR) is 103 cm³/mol. The number of carbonyl (C=O) groups excluding carboxylic acids is 2. The van der Waals surface area contributed by atoms with E-state index in [4.69, 9.17) is 11.6 Å². The number of likely N-dealkylation sites (tertiary alicyclic amines) is 1. The molecule has 2 saturated heterocycles. The van der Waals surface area contributed by atoms with Crippen LogP contribution in [0.15, 0.2) is 18.2 Å². The molecule has 0 saturated carbocycles. The maximum Gasteiger partial charge on any atom is 0.258 e. The molecule has 148 valence electrons. The molecule has 2 aliphatic heterocycles. The predicted octanol–water partition coefficient (Wildman–Crippen LogP) is 2.88. The summed E-state index contributed by atoms with van der Waals surface area (Å²) in [6, 6.07) is 4.70. The quantitative estimate of drug-likeness (QED) is 0.790. The lowest BCUT2D eigenvalue weighted by molar-refractivity contribution is -0.135. The zero-order chi connectivity index (χ0) is 19.6. The Hall–Kier alpha value is -1.66. The van der Waals surface area contributed by atoms with E-state index in [1.165, 1.54) is 18.2 Å². The largest absolute Gasteiger partial charge is 0.341 e. The van der Waals surface area contributed by atoms with Crippen molar-refractivity contribution in [1.29, 1.82) is 0 Å². The third kappa shape index (κ3) is 4.43. The van der Waals surface area contributed by atoms with Gasteiger partial charge in [-0.05, 0) is 45.4 Å². The van der Waals surface area contributed by atoms with E-state index in [-0.39, 0.29) is 22.4 Å². The van der Waals surface area contributed by atoms with Crippen LogP contribution in [-0.4, -0.2) is 71.8 Å². The Morgan fingerprint density at radius 2 is 1.81 bits per heavy atom. The zero-order valence-corrected chi connectivity index (χ0v) is 16.7. The summed E-state index contributed by atoms with van der Waals surface area (Å²) in [4.78, 5) is 31.4. The highest BCUT2D eigenvalue weighted by Crippen LogP contribution is 2.23. The number of rotatable bonds is 3. The molecule has 0 N–H and O–H groups in total. The summed E-state index contributed by atoms with van der Waals surface area (Å²) >= 11 is 6.03. The molecule has 1 aromatic carbocycles. The molecule has 1 aromatic rings. The van der Waals surface area contributed by atoms with E-state index in [0.29, 0.717) is 38.6 Å². The number of hydrogen-bond donors (Lipinski definition) is 0. The van der Waals surface area contributed by atoms with E-state index in [9.17, 15) is 14.0 Å². The smallest absolute Gasteiger partial charge is 0.258 e. The van der Waals surface area contributed by atoms with E-state index in [1.54, 1.807) is 4.90 Å². The molecule has 1 unspecified atom stereocenters. The standard InChI is InChI=1S/C20H27ClFN3O2/c1-14(2)25-10-7-15(13-25)19(26)23-8-4-9-24(12-11-23)20(27)18-16(21)5-3-6-17(18)22/h3,5-6,14-15H,4,7-13H2,1-2H3. The van der Waals surface area contributed by atoms with E-state index in [0.717, 1.165) is 19.5 Å². The average molecular weight is 396 g/mol. The minimum absolute atomic E-state index is 0.0377. The van der Waals surface area contributed by atoms with Crippen LogP contribution in [0.4, 0.5) is 4.39 Å². The number of nitrogens with zero attached hydrogens (tertiary/aromatic N) is 3. The summed E-state index contributed by atoms with van der Waals surface area (Å²) in [5, 5.41) is 0.122. The molecule has 2 amide bonds. The first-order valence-corrected chi connectivity index (χ1v) is 10.0. The molecular formula is C20H27ClFN3O2. The SMILES string of the molecule is CC(C)N1CCC(C(=O)N2CCCN(C(=O)c3c(F)cccc3Cl)CC2)C1. The van der Waals surface area contributed by atoms with Gasteiger partial charge in [0.2, 0.25) is 5.91 Å². The topological polar surface area (TPSA) is 43.9 Å². The lowest BCUT2D eigenvalue weighted by Crippen LogP contribution is -2.41. The van der Waals surface area contributed by atoms with E-state index < -0.39 is 11.7 Å². The van der Waals surface area contributed by atoms with E-state index in [1.807, 2.05) is 4.90 Å². The Kier molecular flexibility index (Phi) is 6.37. The molecular weight excluding hydrogens is 369 g/mol. The van der Waals surface area contributed by atoms with Gasteiger partial charge < -0.3 is 14.7 Å². The molecule has 5 nitrogen and oxygen atoms in total. The van der Waals surface area contributed by atoms with Gasteiger partial charge in [0, 0.05) is 38.8 Å². The van der Waals surface area contributed by atoms with Crippen LogP contribution < -0.4 is 0 Å². The van der Waals surface area contributed by atoms with Crippen molar-refractivity contribution in [2.24, 2.45) is 5.92 Å². The molecule has 1 atom stereocenters. The second-order valence-electron chi connectivity index (χ2n) is 7.64. The second kappa shape index (κ2) is 8.57. The summed E-state index contributed by atoms with van der Waals surface area (Å²) in [6.45, 7) is 8.07. The Bertz CT molecular complexity index is 692. The zero-order valence-electron chi connectivity index (χ0n) is 16.0. The first kappa shape index (κ1) is 20.1. The summed E-state index contributed by atoms with van der Waals surface area (Å²) in [5.41, 5.74) is -0.0812. The molecule has 2 heterocycles. The van der Waals surface area contributed by atoms with Crippen LogP contribution in [0.25, 0.3) is 0 Å². The van der Waals surface area contributed by atoms with Gasteiger partial charge in [-0.25, -0.2) is 4.39 Å². The fourth-order valence-electron chi connectivity index (χ4n) is 3.92. The highest BCUT2D eigenvalue weighted by atomic mass is 35.5. The van der Waals surface area contributed by atoms with Gasteiger partial charge in [0.15, 0.2) is 0 Å². The highest BCUT2D eigenvalue weighted by molar-refractivity contribution is 6.33. The maximum absolute atomic E-state index is 14.1. The van der Waals surface area contributed by atoms with Crippen molar-refractivity contribution in [3.05, 3.63) is 34.6 Å². The average Bonchev–Trinajstić information content (AvgIpc) is 2.99. The first-order chi connectivity index (χ1) is 12.9. The van der Waals surface area contributed by atoms with Crippen molar-refractivity contribution in [1.82, 2.24) is 14.7 Å². The molecule has 3 rings (SSSR count). The highest BCUT2D eigenvalue weighted by Gasteiger charge is 2.33. The Labute approximate surface area is 165 Å². The molecule has 0 aliphatic carbocycles. The van der Waals surface area contributed by atoms with Gasteiger partial charge in [0.25, 0.3) is 5.91 Å². The van der Waals surface area contributed by atoms with Crippen LogP contribution in [-0.2, 0) is 4.79 Å². The lowest BCUT2D eigenvalue weighted by Gasteiger charge is -2.25. The van der Waals surface area contributed by atoms with Crippen molar-refractivity contribution in [3.8, 4) is 0 Å². The molecule has 0 bridgehead atoms. The molecule has 0 spiro atoms. The molecule has 0 aromatic heterocycles. The van der Waals surface area contributed by atoms with Crippen LogP contribution in [0.3, 0.4) is 0 Å². The van der Waals surface area contributed by atoms with Gasteiger partial charge in [0.1, 0.15) is 5.82 Å². The molecule has 2 aliphatic rings. The first-order valence-electron chi connectivity index (χ1n) is 9.64. The van der Waals surface area contributed by atoms with Gasteiger partial charge in [-0.3, -0.25) is 9.59 Å². The molecule has 0 radical (unpaired) electrons. The van der Waals surface area contributed by atoms with Gasteiger partial charge in [-0.1, -0.05) is 17.7 Å². The molecule has 2 fully saturated rings. The summed E-state index contributed by atoms with van der Waals surface area (Å²) in [6.07, 6.45) is 1.57. The van der Waals surface area contributed by atoms with Crippen molar-refractivity contribution in [3.63, 3.8) is 0 Å². The fourth-order valence-corrected chi connectivity index (χ4v) is 4.16. The Morgan fingerprint density at radius 1 is 1.11 bits per heavy atom. The van der Waals surface area contributed by atoms with Gasteiger partial charge in [0.05, 0.1) is 16.5 Å². The van der Waals surface area contributed by atoms with Crippen LogP contribution >= 0.6 is 11.6 Å². The van der Waals surface area contributed by atoms with Gasteiger partial charge >= 0.3 is 0 Å². The molecule has 7 heteroatoms. The van der Waals surface area contributed by atoms with Crippen molar-refractivity contribution < 1.29 is 14.0 Å². The minimum atomic E-state index is -0.607. The van der Waals surface area contributed by atoms with Crippen LogP contribution in [0.1, 0.15) is 37.0 Å². The van der Waals surface area contributed by atoms with E-state index in [2.05, 4.69) is 18.7 Å². The van der Waals surface area contributed by atoms with Gasteiger partial charge in [-0.15, -0.1) is 0 Å². The third-order valence-electron chi connectivity index (χ3n) is 5.57. The fraction of sp³-hybridized carbons (Fsp3) is 0.600. The summed E-state index contributed by atoms with van der Waals surface area (Å²) < 4.78 is 14.1. The van der Waals surface area contributed by atoms with Crippen molar-refractivity contribution in [2.45, 2.75) is 32.7 Å². The lowest BCUT2D eigenvalue weighted by atomic mass is 10.1. The van der Waals surface area contributed by atoms with Crippen molar-refractivity contribution >= 4 is 23.4 Å². The van der Waals surface area contributed by atoms with Crippen molar-refractivity contribution in [2.75, 3.05) is 39.3 Å². The maximum atomic E-state index is 14.1. The third-order valence-corrected chi connectivity index (χ3v) is 5.89. The normalized spacial score (nSPS) is 21.6. The van der Waals surface area contributed by atoms with Crippen LogP contribution in [0.5, 0.6) is 0 Å². The number of carbonyl (C=O) groups is 2. The minimum Gasteiger partial charge on any atom is -0.341 e. The monoisotopic (exact) mass is 395 g/mol. The summed E-state index contributed by atoms with van der Waals surface area (Å²) in [7, 11) is 0. The summed E-state index contributed by atoms with van der Waals surface area (Å²) in [5.74, 6) is -0.796. The second-order valence-corrected chi connectivity index (χ2v) is 8.05. The number of amides is 2. The number of hydrogen-bond acceptors (Lipinski definition) is 3. The van der Waals surface area contributed by atoms with Crippen LogP contribution in [0, 0.1) is 11.7 Å². The Morgan fingerprint density at radius 3 is 2.48 bits per heavy atom. The number of benzene rings is 1. The van der Waals surface area contributed by atoms with Gasteiger partial charge in [-0.2, -0.15) is 0 Å². The van der Waals surface area contributed by atoms with Crippen LogP contribution in [0.2, 0.25) is 5.02 Å². The molecule has 27 heavy (non-hydrogen) atoms. The Balaban J connectivity index is 1.62. The van der Waals surface area contributed by atoms with E-state index >= 15 is 0 Å².